The second-order valence-corrected chi connectivity index (χ2v) is 8.49. The first-order valence-electron chi connectivity index (χ1n) is 11.3. The van der Waals surface area contributed by atoms with Gasteiger partial charge in [-0.1, -0.05) is 36.4 Å². The van der Waals surface area contributed by atoms with Crippen molar-refractivity contribution < 1.29 is 22.6 Å². The summed E-state index contributed by atoms with van der Waals surface area (Å²) in [6.45, 7) is 2.85. The van der Waals surface area contributed by atoms with Gasteiger partial charge in [-0.2, -0.15) is 13.2 Å². The van der Waals surface area contributed by atoms with Crippen molar-refractivity contribution in [1.29, 1.82) is 0 Å². The Hall–Kier alpha value is -3.03. The normalized spacial score (nSPS) is 15.9. The Morgan fingerprint density at radius 3 is 1.71 bits per heavy atom. The molecular weight excluding hydrogens is 441 g/mol. The molecule has 7 heteroatoms. The number of nitrogens with zero attached hydrogens (tertiary/aromatic N) is 2. The van der Waals surface area contributed by atoms with Crippen LogP contribution < -0.4 is 9.47 Å². The van der Waals surface area contributed by atoms with Gasteiger partial charge in [-0.05, 0) is 59.5 Å². The van der Waals surface area contributed by atoms with Crippen molar-refractivity contribution in [1.82, 2.24) is 9.80 Å². The topological polar surface area (TPSA) is 24.9 Å². The van der Waals surface area contributed by atoms with Gasteiger partial charge in [0.15, 0.2) is 0 Å². The summed E-state index contributed by atoms with van der Waals surface area (Å²) in [7, 11) is 3.25. The van der Waals surface area contributed by atoms with Crippen LogP contribution in [-0.2, 0) is 19.3 Å². The minimum atomic E-state index is -4.38. The Morgan fingerprint density at radius 1 is 0.765 bits per heavy atom. The summed E-state index contributed by atoms with van der Waals surface area (Å²) in [5.74, 6) is 1.55. The van der Waals surface area contributed by atoms with Crippen LogP contribution in [0.3, 0.4) is 0 Å². The van der Waals surface area contributed by atoms with E-state index < -0.39 is 11.7 Å². The first-order valence-corrected chi connectivity index (χ1v) is 11.3. The summed E-state index contributed by atoms with van der Waals surface area (Å²) in [6, 6.07) is 21.4. The van der Waals surface area contributed by atoms with E-state index in [9.17, 15) is 13.2 Å². The summed E-state index contributed by atoms with van der Waals surface area (Å²) in [5, 5.41) is 0. The molecule has 4 nitrogen and oxygen atoms in total. The van der Waals surface area contributed by atoms with E-state index in [1.165, 1.54) is 12.1 Å². The third kappa shape index (κ3) is 5.72. The molecule has 3 aromatic carbocycles. The standard InChI is InChI=1S/C27H29F3N2O2/c1-33-24-11-7-20(8-12-24)18-31-15-4-16-32(19-21-9-13-25(34-2)14-10-21)26(31)22-5-3-6-23(17-22)27(28,29)30/h3,5-14,17,26H,4,15-16,18-19H2,1-2H3. The molecule has 0 spiro atoms. The highest BCUT2D eigenvalue weighted by atomic mass is 19.4. The molecule has 0 N–H and O–H groups in total. The number of hydrogen-bond donors (Lipinski definition) is 0. The summed E-state index contributed by atoms with van der Waals surface area (Å²) in [6.07, 6.45) is -3.73. The van der Waals surface area contributed by atoms with Gasteiger partial charge in [-0.3, -0.25) is 9.80 Å². The van der Waals surface area contributed by atoms with Gasteiger partial charge in [0.25, 0.3) is 0 Å². The number of methoxy groups -OCH3 is 2. The van der Waals surface area contributed by atoms with Crippen LogP contribution in [0.5, 0.6) is 11.5 Å². The lowest BCUT2D eigenvalue weighted by Gasteiger charge is -2.44. The van der Waals surface area contributed by atoms with E-state index >= 15 is 0 Å². The van der Waals surface area contributed by atoms with E-state index in [-0.39, 0.29) is 6.17 Å². The number of benzene rings is 3. The van der Waals surface area contributed by atoms with Crippen molar-refractivity contribution in [3.63, 3.8) is 0 Å². The minimum absolute atomic E-state index is 0.278. The highest BCUT2D eigenvalue weighted by Gasteiger charge is 2.34. The van der Waals surface area contributed by atoms with Crippen LogP contribution in [0.25, 0.3) is 0 Å². The largest absolute Gasteiger partial charge is 0.497 e. The maximum atomic E-state index is 13.5. The van der Waals surface area contributed by atoms with Gasteiger partial charge >= 0.3 is 6.18 Å². The average molecular weight is 471 g/mol. The number of halogens is 3. The molecule has 4 rings (SSSR count). The molecule has 0 unspecified atom stereocenters. The number of alkyl halides is 3. The summed E-state index contributed by atoms with van der Waals surface area (Å²) in [4.78, 5) is 4.51. The summed E-state index contributed by atoms with van der Waals surface area (Å²) < 4.78 is 51.1. The molecule has 0 bridgehead atoms. The Morgan fingerprint density at radius 2 is 1.26 bits per heavy atom. The predicted molar refractivity (Wildman–Crippen MR) is 126 cm³/mol. The van der Waals surface area contributed by atoms with Crippen molar-refractivity contribution in [2.45, 2.75) is 31.9 Å². The molecule has 1 aliphatic rings. The first-order chi connectivity index (χ1) is 16.4. The zero-order valence-electron chi connectivity index (χ0n) is 19.4. The van der Waals surface area contributed by atoms with Gasteiger partial charge in [-0.25, -0.2) is 0 Å². The summed E-state index contributed by atoms with van der Waals surface area (Å²) in [5.41, 5.74) is 2.20. The Bertz CT molecular complexity index is 1010. The van der Waals surface area contributed by atoms with Crippen LogP contribution >= 0.6 is 0 Å². The molecule has 180 valence electrons. The predicted octanol–water partition coefficient (Wildman–Crippen LogP) is 6.13. The fourth-order valence-corrected chi connectivity index (χ4v) is 4.51. The number of ether oxygens (including phenoxy) is 2. The van der Waals surface area contributed by atoms with Crippen molar-refractivity contribution in [3.05, 3.63) is 95.1 Å². The molecule has 0 atom stereocenters. The van der Waals surface area contributed by atoms with Gasteiger partial charge in [0.05, 0.1) is 25.9 Å². The van der Waals surface area contributed by atoms with Crippen molar-refractivity contribution in [2.24, 2.45) is 0 Å². The number of rotatable bonds is 7. The molecule has 34 heavy (non-hydrogen) atoms. The fourth-order valence-electron chi connectivity index (χ4n) is 4.51. The first kappa shape index (κ1) is 24.1. The van der Waals surface area contributed by atoms with Crippen LogP contribution in [0.1, 0.15) is 34.8 Å². The lowest BCUT2D eigenvalue weighted by atomic mass is 10.0. The van der Waals surface area contributed by atoms with Crippen molar-refractivity contribution in [2.75, 3.05) is 27.3 Å². The van der Waals surface area contributed by atoms with Gasteiger partial charge in [0.1, 0.15) is 11.5 Å². The van der Waals surface area contributed by atoms with Crippen LogP contribution in [0.2, 0.25) is 0 Å². The van der Waals surface area contributed by atoms with Gasteiger partial charge in [-0.15, -0.1) is 0 Å². The van der Waals surface area contributed by atoms with Crippen molar-refractivity contribution >= 4 is 0 Å². The Balaban J connectivity index is 1.66. The highest BCUT2D eigenvalue weighted by Crippen LogP contribution is 2.36. The summed E-state index contributed by atoms with van der Waals surface area (Å²) >= 11 is 0. The molecule has 3 aromatic rings. The van der Waals surface area contributed by atoms with Gasteiger partial charge in [0, 0.05) is 26.2 Å². The lowest BCUT2D eigenvalue weighted by Crippen LogP contribution is -2.46. The molecule has 0 saturated carbocycles. The Kier molecular flexibility index (Phi) is 7.44. The zero-order valence-corrected chi connectivity index (χ0v) is 19.4. The van der Waals surface area contributed by atoms with E-state index in [2.05, 4.69) is 9.80 Å². The maximum absolute atomic E-state index is 13.5. The molecule has 1 fully saturated rings. The monoisotopic (exact) mass is 470 g/mol. The van der Waals surface area contributed by atoms with Crippen LogP contribution in [0, 0.1) is 0 Å². The smallest absolute Gasteiger partial charge is 0.416 e. The fraction of sp³-hybridized carbons (Fsp3) is 0.333. The van der Waals surface area contributed by atoms with E-state index in [0.717, 1.165) is 48.2 Å². The second kappa shape index (κ2) is 10.5. The quantitative estimate of drug-likeness (QED) is 0.415. The lowest BCUT2D eigenvalue weighted by molar-refractivity contribution is -0.137. The van der Waals surface area contributed by atoms with E-state index in [4.69, 9.17) is 9.47 Å². The molecule has 1 heterocycles. The van der Waals surface area contributed by atoms with Gasteiger partial charge < -0.3 is 9.47 Å². The zero-order chi connectivity index (χ0) is 24.1. The minimum Gasteiger partial charge on any atom is -0.497 e. The highest BCUT2D eigenvalue weighted by molar-refractivity contribution is 5.31. The molecule has 0 radical (unpaired) electrons. The molecule has 0 amide bonds. The molecule has 0 aromatic heterocycles. The van der Waals surface area contributed by atoms with Gasteiger partial charge in [0.2, 0.25) is 0 Å². The van der Waals surface area contributed by atoms with Crippen molar-refractivity contribution in [3.8, 4) is 11.5 Å². The Labute approximate surface area is 198 Å². The third-order valence-corrected chi connectivity index (χ3v) is 6.18. The second-order valence-electron chi connectivity index (χ2n) is 8.49. The SMILES string of the molecule is COc1ccc(CN2CCCN(Cc3ccc(OC)cc3)C2c2cccc(C(F)(F)F)c2)cc1. The third-order valence-electron chi connectivity index (χ3n) is 6.18. The van der Waals surface area contributed by atoms with Crippen LogP contribution in [0.4, 0.5) is 13.2 Å². The number of hydrogen-bond acceptors (Lipinski definition) is 4. The molecular formula is C27H29F3N2O2. The van der Waals surface area contributed by atoms with E-state index in [1.807, 2.05) is 48.5 Å². The molecule has 0 aliphatic carbocycles. The van der Waals surface area contributed by atoms with Crippen LogP contribution in [0.15, 0.2) is 72.8 Å². The maximum Gasteiger partial charge on any atom is 0.416 e. The van der Waals surface area contributed by atoms with E-state index in [0.29, 0.717) is 18.7 Å². The van der Waals surface area contributed by atoms with E-state index in [1.54, 1.807) is 20.3 Å². The average Bonchev–Trinajstić information content (AvgIpc) is 2.85. The molecule has 1 aliphatic heterocycles. The van der Waals surface area contributed by atoms with Crippen LogP contribution in [-0.4, -0.2) is 37.1 Å². The molecule has 1 saturated heterocycles.